The minimum atomic E-state index is -0.0657. The monoisotopic (exact) mass is 238 g/mol. The molecule has 0 radical (unpaired) electrons. The number of aromatic nitrogens is 1. The van der Waals surface area contributed by atoms with Crippen LogP contribution in [0.5, 0.6) is 0 Å². The van der Waals surface area contributed by atoms with Crippen molar-refractivity contribution >= 4 is 5.91 Å². The summed E-state index contributed by atoms with van der Waals surface area (Å²) in [6, 6.07) is 3.71. The van der Waals surface area contributed by atoms with Crippen molar-refractivity contribution in [1.29, 1.82) is 0 Å². The highest BCUT2D eigenvalue weighted by molar-refractivity contribution is 5.92. The average molecular weight is 238 g/mol. The molecule has 0 saturated heterocycles. The Morgan fingerprint density at radius 1 is 1.53 bits per heavy atom. The predicted octanol–water partition coefficient (Wildman–Crippen LogP) is 1.64. The normalized spacial score (nSPS) is 12.8. The Bertz CT molecular complexity index is 358. The minimum Gasteiger partial charge on any atom is -0.396 e. The number of rotatable bonds is 6. The highest BCUT2D eigenvalue weighted by atomic mass is 16.3. The molecule has 0 aliphatic carbocycles. The van der Waals surface area contributed by atoms with Crippen LogP contribution in [0.25, 0.3) is 0 Å². The third kappa shape index (κ3) is 3.60. The van der Waals surface area contributed by atoms with E-state index in [0.29, 0.717) is 18.0 Å². The summed E-state index contributed by atoms with van der Waals surface area (Å²) < 4.78 is 1.91. The van der Waals surface area contributed by atoms with E-state index in [4.69, 9.17) is 5.11 Å². The lowest BCUT2D eigenvalue weighted by Crippen LogP contribution is -2.39. The van der Waals surface area contributed by atoms with E-state index in [1.165, 1.54) is 0 Å². The van der Waals surface area contributed by atoms with E-state index in [1.54, 1.807) is 0 Å². The van der Waals surface area contributed by atoms with Crippen LogP contribution >= 0.6 is 0 Å². The zero-order valence-electron chi connectivity index (χ0n) is 10.8. The molecular formula is C13H22N2O2. The number of hydrogen-bond donors (Lipinski definition) is 2. The lowest BCUT2D eigenvalue weighted by atomic mass is 10.0. The molecule has 4 heteroatoms. The fraction of sp³-hybridized carbons (Fsp3) is 0.615. The molecular weight excluding hydrogens is 216 g/mol. The van der Waals surface area contributed by atoms with Crippen molar-refractivity contribution in [3.05, 3.63) is 24.0 Å². The molecule has 1 rings (SSSR count). The molecule has 0 spiro atoms. The van der Waals surface area contributed by atoms with Crippen LogP contribution in [0, 0.1) is 5.92 Å². The van der Waals surface area contributed by atoms with Crippen molar-refractivity contribution < 1.29 is 9.90 Å². The first-order valence-electron chi connectivity index (χ1n) is 6.17. The molecule has 4 nitrogen and oxygen atoms in total. The number of aliphatic hydroxyl groups is 1. The van der Waals surface area contributed by atoms with Gasteiger partial charge in [0.25, 0.3) is 5.91 Å². The average Bonchev–Trinajstić information content (AvgIpc) is 2.76. The smallest absolute Gasteiger partial charge is 0.268 e. The van der Waals surface area contributed by atoms with E-state index in [-0.39, 0.29) is 18.6 Å². The number of nitrogens with zero attached hydrogens (tertiary/aromatic N) is 1. The molecule has 0 aromatic carbocycles. The second-order valence-electron chi connectivity index (χ2n) is 4.52. The summed E-state index contributed by atoms with van der Waals surface area (Å²) in [6.07, 6.45) is 2.49. The van der Waals surface area contributed by atoms with Crippen molar-refractivity contribution in [3.8, 4) is 0 Å². The largest absolute Gasteiger partial charge is 0.396 e. The summed E-state index contributed by atoms with van der Waals surface area (Å²) in [5.41, 5.74) is 0.677. The molecule has 0 fully saturated rings. The van der Waals surface area contributed by atoms with Gasteiger partial charge < -0.3 is 15.0 Å². The fourth-order valence-corrected chi connectivity index (χ4v) is 1.85. The van der Waals surface area contributed by atoms with E-state index in [2.05, 4.69) is 5.32 Å². The highest BCUT2D eigenvalue weighted by Crippen LogP contribution is 2.08. The maximum atomic E-state index is 12.1. The van der Waals surface area contributed by atoms with Gasteiger partial charge in [-0.25, -0.2) is 0 Å². The van der Waals surface area contributed by atoms with Gasteiger partial charge >= 0.3 is 0 Å². The van der Waals surface area contributed by atoms with Gasteiger partial charge in [-0.3, -0.25) is 4.79 Å². The molecule has 1 atom stereocenters. The third-order valence-corrected chi connectivity index (χ3v) is 2.96. The maximum absolute atomic E-state index is 12.1. The summed E-state index contributed by atoms with van der Waals surface area (Å²) in [5.74, 6) is 0.250. The first-order chi connectivity index (χ1) is 8.10. The summed E-state index contributed by atoms with van der Waals surface area (Å²) in [5, 5.41) is 11.9. The Hall–Kier alpha value is -1.29. The second-order valence-corrected chi connectivity index (χ2v) is 4.52. The predicted molar refractivity (Wildman–Crippen MR) is 67.9 cm³/mol. The molecule has 1 aromatic rings. The van der Waals surface area contributed by atoms with Gasteiger partial charge in [0.2, 0.25) is 0 Å². The van der Waals surface area contributed by atoms with Gasteiger partial charge in [0.05, 0.1) is 0 Å². The van der Waals surface area contributed by atoms with E-state index in [0.717, 1.165) is 6.54 Å². The van der Waals surface area contributed by atoms with E-state index in [1.807, 2.05) is 43.7 Å². The van der Waals surface area contributed by atoms with Crippen molar-refractivity contribution in [1.82, 2.24) is 9.88 Å². The quantitative estimate of drug-likeness (QED) is 0.791. The van der Waals surface area contributed by atoms with Gasteiger partial charge in [-0.15, -0.1) is 0 Å². The number of hydrogen-bond acceptors (Lipinski definition) is 2. The Kier molecular flexibility index (Phi) is 5.22. The van der Waals surface area contributed by atoms with Gasteiger partial charge in [-0.2, -0.15) is 0 Å². The molecule has 1 unspecified atom stereocenters. The van der Waals surface area contributed by atoms with Gasteiger partial charge in [-0.1, -0.05) is 13.8 Å². The first-order valence-corrected chi connectivity index (χ1v) is 6.17. The zero-order chi connectivity index (χ0) is 12.8. The van der Waals surface area contributed by atoms with Crippen molar-refractivity contribution in [2.24, 2.45) is 5.92 Å². The molecule has 2 N–H and O–H groups in total. The number of amides is 1. The summed E-state index contributed by atoms with van der Waals surface area (Å²) >= 11 is 0. The summed E-state index contributed by atoms with van der Waals surface area (Å²) in [4.78, 5) is 12.1. The van der Waals surface area contributed by atoms with Gasteiger partial charge in [-0.05, 0) is 31.4 Å². The third-order valence-electron chi connectivity index (χ3n) is 2.96. The SMILES string of the molecule is CCn1cccc1C(=O)NC(CCO)C(C)C. The summed E-state index contributed by atoms with van der Waals surface area (Å²) in [6.45, 7) is 6.96. The first kappa shape index (κ1) is 13.8. The van der Waals surface area contributed by atoms with Crippen LogP contribution in [0.1, 0.15) is 37.7 Å². The lowest BCUT2D eigenvalue weighted by Gasteiger charge is -2.21. The number of carbonyl (C=O) groups excluding carboxylic acids is 1. The van der Waals surface area contributed by atoms with Crippen LogP contribution in [0.3, 0.4) is 0 Å². The van der Waals surface area contributed by atoms with Crippen LogP contribution in [0.4, 0.5) is 0 Å². The standard InChI is InChI=1S/C13H22N2O2/c1-4-15-8-5-6-12(15)13(17)14-11(7-9-16)10(2)3/h5-6,8,10-11,16H,4,7,9H2,1-3H3,(H,14,17). The highest BCUT2D eigenvalue weighted by Gasteiger charge is 2.18. The number of nitrogens with one attached hydrogen (secondary N) is 1. The zero-order valence-corrected chi connectivity index (χ0v) is 10.8. The van der Waals surface area contributed by atoms with E-state index in [9.17, 15) is 4.79 Å². The molecule has 1 amide bonds. The Morgan fingerprint density at radius 3 is 2.76 bits per heavy atom. The summed E-state index contributed by atoms with van der Waals surface area (Å²) in [7, 11) is 0. The topological polar surface area (TPSA) is 54.3 Å². The number of aryl methyl sites for hydroxylation is 1. The number of carbonyl (C=O) groups is 1. The van der Waals surface area contributed by atoms with Gasteiger partial charge in [0.1, 0.15) is 5.69 Å². The van der Waals surface area contributed by atoms with Crippen LogP contribution in [-0.2, 0) is 6.54 Å². The maximum Gasteiger partial charge on any atom is 0.268 e. The van der Waals surface area contributed by atoms with Gasteiger partial charge in [0.15, 0.2) is 0 Å². The van der Waals surface area contributed by atoms with Crippen molar-refractivity contribution in [3.63, 3.8) is 0 Å². The molecule has 0 bridgehead atoms. The molecule has 0 aliphatic heterocycles. The van der Waals surface area contributed by atoms with Crippen LogP contribution in [-0.4, -0.2) is 28.2 Å². The molecule has 1 heterocycles. The Labute approximate surface area is 103 Å². The van der Waals surface area contributed by atoms with E-state index >= 15 is 0 Å². The van der Waals surface area contributed by atoms with Crippen LogP contribution in [0.2, 0.25) is 0 Å². The minimum absolute atomic E-state index is 0.0210. The lowest BCUT2D eigenvalue weighted by molar-refractivity contribution is 0.0907. The molecule has 0 aliphatic rings. The van der Waals surface area contributed by atoms with Crippen molar-refractivity contribution in [2.75, 3.05) is 6.61 Å². The van der Waals surface area contributed by atoms with Crippen molar-refractivity contribution in [2.45, 2.75) is 39.8 Å². The molecule has 1 aromatic heterocycles. The second kappa shape index (κ2) is 6.45. The number of aliphatic hydroxyl groups excluding tert-OH is 1. The Morgan fingerprint density at radius 2 is 2.24 bits per heavy atom. The molecule has 0 saturated carbocycles. The van der Waals surface area contributed by atoms with Gasteiger partial charge in [0, 0.05) is 25.4 Å². The van der Waals surface area contributed by atoms with Crippen LogP contribution < -0.4 is 5.32 Å². The Balaban J connectivity index is 2.70. The fourth-order valence-electron chi connectivity index (χ4n) is 1.85. The van der Waals surface area contributed by atoms with Crippen LogP contribution in [0.15, 0.2) is 18.3 Å². The molecule has 96 valence electrons. The molecule has 17 heavy (non-hydrogen) atoms. The van der Waals surface area contributed by atoms with E-state index < -0.39 is 0 Å².